The minimum Gasteiger partial charge on any atom is -0.475 e. The van der Waals surface area contributed by atoms with E-state index in [2.05, 4.69) is 15.6 Å². The zero-order valence-corrected chi connectivity index (χ0v) is 13.6. The number of hydrogen-bond donors (Lipinski definition) is 3. The summed E-state index contributed by atoms with van der Waals surface area (Å²) in [4.78, 5) is 26.5. The molecule has 0 spiro atoms. The molecule has 2 aromatic rings. The van der Waals surface area contributed by atoms with Crippen molar-refractivity contribution in [3.8, 4) is 0 Å². The summed E-state index contributed by atoms with van der Waals surface area (Å²) in [5.74, 6) is -0.369. The third kappa shape index (κ3) is 5.31. The van der Waals surface area contributed by atoms with Gasteiger partial charge in [-0.2, -0.15) is 0 Å². The number of aromatic nitrogens is 1. The van der Waals surface area contributed by atoms with Gasteiger partial charge in [0.15, 0.2) is 0 Å². The lowest BCUT2D eigenvalue weighted by Gasteiger charge is -2.19. The van der Waals surface area contributed by atoms with Gasteiger partial charge in [0.1, 0.15) is 17.2 Å². The number of furan rings is 1. The van der Waals surface area contributed by atoms with Crippen LogP contribution in [0.15, 0.2) is 34.9 Å². The molecule has 0 saturated carbocycles. The first-order valence-corrected chi connectivity index (χ1v) is 7.25. The first kappa shape index (κ1) is 17.3. The van der Waals surface area contributed by atoms with Gasteiger partial charge in [-0.3, -0.25) is 5.32 Å². The largest absolute Gasteiger partial charge is 0.475 e. The van der Waals surface area contributed by atoms with Crippen LogP contribution < -0.4 is 10.6 Å². The number of hydrogen-bond acceptors (Lipinski definition) is 6. The number of nitrogens with one attached hydrogen (secondary N) is 2. The molecule has 0 radical (unpaired) electrons. The van der Waals surface area contributed by atoms with Crippen molar-refractivity contribution in [2.75, 3.05) is 10.6 Å². The molecule has 2 aromatic heterocycles. The lowest BCUT2D eigenvalue weighted by molar-refractivity contribution is 0.0631. The zero-order chi connectivity index (χ0) is 17.7. The van der Waals surface area contributed by atoms with E-state index in [0.29, 0.717) is 23.8 Å². The Morgan fingerprint density at radius 1 is 1.25 bits per heavy atom. The topological polar surface area (TPSA) is 114 Å². The Labute approximate surface area is 138 Å². The molecule has 2 rings (SSSR count). The van der Waals surface area contributed by atoms with Crippen molar-refractivity contribution in [2.24, 2.45) is 0 Å². The highest BCUT2D eigenvalue weighted by Crippen LogP contribution is 2.14. The van der Waals surface area contributed by atoms with Crippen LogP contribution in [0.3, 0.4) is 0 Å². The number of carboxylic acids is 1. The van der Waals surface area contributed by atoms with Crippen molar-refractivity contribution in [1.82, 2.24) is 4.98 Å². The molecular weight excluding hydrogens is 314 g/mol. The highest BCUT2D eigenvalue weighted by atomic mass is 16.6. The van der Waals surface area contributed by atoms with Crippen LogP contribution in [-0.4, -0.2) is 27.8 Å². The Bertz CT molecular complexity index is 716. The molecule has 0 unspecified atom stereocenters. The molecular formula is C16H19N3O5. The number of carbonyl (C=O) groups excluding carboxylic acids is 1. The standard InChI is InChI=1S/C16H19N3O5/c1-16(2,3)24-15(22)19-13-7-4-10(8-18-13)17-9-11-5-6-12(23-11)14(20)21/h4-8,17H,9H2,1-3H3,(H,20,21)(H,18,19,22). The number of ether oxygens (including phenoxy) is 1. The summed E-state index contributed by atoms with van der Waals surface area (Å²) in [5.41, 5.74) is 0.113. The molecule has 24 heavy (non-hydrogen) atoms. The van der Waals surface area contributed by atoms with E-state index in [0.717, 1.165) is 0 Å². The smallest absolute Gasteiger partial charge is 0.413 e. The molecule has 2 heterocycles. The number of carboxylic acid groups (broad SMARTS) is 1. The van der Waals surface area contributed by atoms with E-state index in [1.165, 1.54) is 12.3 Å². The molecule has 0 aromatic carbocycles. The van der Waals surface area contributed by atoms with E-state index in [4.69, 9.17) is 14.3 Å². The lowest BCUT2D eigenvalue weighted by Crippen LogP contribution is -2.27. The zero-order valence-electron chi connectivity index (χ0n) is 13.6. The van der Waals surface area contributed by atoms with Crippen molar-refractivity contribution in [3.63, 3.8) is 0 Å². The van der Waals surface area contributed by atoms with Crippen LogP contribution in [-0.2, 0) is 11.3 Å². The molecule has 0 saturated heterocycles. The normalized spacial score (nSPS) is 11.0. The second kappa shape index (κ2) is 7.03. The van der Waals surface area contributed by atoms with Crippen molar-refractivity contribution in [2.45, 2.75) is 32.9 Å². The van der Waals surface area contributed by atoms with Gasteiger partial charge in [0.25, 0.3) is 0 Å². The maximum Gasteiger partial charge on any atom is 0.413 e. The summed E-state index contributed by atoms with van der Waals surface area (Å²) in [6.07, 6.45) is 0.959. The van der Waals surface area contributed by atoms with Crippen LogP contribution in [0.2, 0.25) is 0 Å². The predicted molar refractivity (Wildman–Crippen MR) is 87.1 cm³/mol. The third-order valence-corrected chi connectivity index (χ3v) is 2.73. The van der Waals surface area contributed by atoms with Crippen LogP contribution in [0.25, 0.3) is 0 Å². The fourth-order valence-electron chi connectivity index (χ4n) is 1.76. The molecule has 0 bridgehead atoms. The van der Waals surface area contributed by atoms with Crippen LogP contribution in [0.5, 0.6) is 0 Å². The van der Waals surface area contributed by atoms with Crippen LogP contribution in [0.1, 0.15) is 37.1 Å². The van der Waals surface area contributed by atoms with Gasteiger partial charge in [0.2, 0.25) is 5.76 Å². The Morgan fingerprint density at radius 2 is 2.00 bits per heavy atom. The summed E-state index contributed by atoms with van der Waals surface area (Å²) >= 11 is 0. The molecule has 8 heteroatoms. The van der Waals surface area contributed by atoms with E-state index in [1.807, 2.05) is 0 Å². The lowest BCUT2D eigenvalue weighted by atomic mass is 10.2. The average molecular weight is 333 g/mol. The third-order valence-electron chi connectivity index (χ3n) is 2.73. The van der Waals surface area contributed by atoms with Gasteiger partial charge in [0, 0.05) is 0 Å². The summed E-state index contributed by atoms with van der Waals surface area (Å²) < 4.78 is 10.3. The second-order valence-electron chi connectivity index (χ2n) is 5.98. The van der Waals surface area contributed by atoms with Crippen LogP contribution in [0, 0.1) is 0 Å². The van der Waals surface area contributed by atoms with Crippen molar-refractivity contribution >= 4 is 23.6 Å². The maximum absolute atomic E-state index is 11.6. The maximum atomic E-state index is 11.6. The van der Waals surface area contributed by atoms with E-state index in [1.54, 1.807) is 39.0 Å². The Kier molecular flexibility index (Phi) is 5.08. The van der Waals surface area contributed by atoms with Crippen LogP contribution in [0.4, 0.5) is 16.3 Å². The number of rotatable bonds is 5. The number of pyridine rings is 1. The van der Waals surface area contributed by atoms with Crippen molar-refractivity contribution < 1.29 is 23.8 Å². The Balaban J connectivity index is 1.87. The SMILES string of the molecule is CC(C)(C)OC(=O)Nc1ccc(NCc2ccc(C(=O)O)o2)cn1. The number of amides is 1. The predicted octanol–water partition coefficient (Wildman–Crippen LogP) is 3.33. The first-order valence-electron chi connectivity index (χ1n) is 7.25. The Morgan fingerprint density at radius 3 is 2.54 bits per heavy atom. The number of anilines is 2. The van der Waals surface area contributed by atoms with E-state index >= 15 is 0 Å². The molecule has 0 aliphatic heterocycles. The first-order chi connectivity index (χ1) is 11.2. The molecule has 0 aliphatic rings. The number of nitrogens with zero attached hydrogens (tertiary/aromatic N) is 1. The quantitative estimate of drug-likeness (QED) is 0.769. The van der Waals surface area contributed by atoms with Gasteiger partial charge in [-0.25, -0.2) is 14.6 Å². The second-order valence-corrected chi connectivity index (χ2v) is 5.98. The van der Waals surface area contributed by atoms with Gasteiger partial charge in [-0.15, -0.1) is 0 Å². The highest BCUT2D eigenvalue weighted by molar-refractivity contribution is 5.84. The number of aromatic carboxylic acids is 1. The molecule has 0 atom stereocenters. The van der Waals surface area contributed by atoms with Crippen molar-refractivity contribution in [3.05, 3.63) is 42.0 Å². The van der Waals surface area contributed by atoms with Crippen LogP contribution >= 0.6 is 0 Å². The van der Waals surface area contributed by atoms with Crippen molar-refractivity contribution in [1.29, 1.82) is 0 Å². The minimum absolute atomic E-state index is 0.109. The molecule has 8 nitrogen and oxygen atoms in total. The minimum atomic E-state index is -1.11. The summed E-state index contributed by atoms with van der Waals surface area (Å²) in [6.45, 7) is 5.64. The van der Waals surface area contributed by atoms with E-state index in [9.17, 15) is 9.59 Å². The summed E-state index contributed by atoms with van der Waals surface area (Å²) in [7, 11) is 0. The van der Waals surface area contributed by atoms with Gasteiger partial charge in [-0.1, -0.05) is 0 Å². The van der Waals surface area contributed by atoms with Gasteiger partial charge in [0.05, 0.1) is 18.4 Å². The summed E-state index contributed by atoms with van der Waals surface area (Å²) in [5, 5.41) is 14.4. The molecule has 3 N–H and O–H groups in total. The molecule has 1 amide bonds. The van der Waals surface area contributed by atoms with Gasteiger partial charge >= 0.3 is 12.1 Å². The monoisotopic (exact) mass is 333 g/mol. The average Bonchev–Trinajstić information content (AvgIpc) is 2.93. The molecule has 0 aliphatic carbocycles. The van der Waals surface area contributed by atoms with Gasteiger partial charge < -0.3 is 19.6 Å². The fourth-order valence-corrected chi connectivity index (χ4v) is 1.76. The fraction of sp³-hybridized carbons (Fsp3) is 0.312. The summed E-state index contributed by atoms with van der Waals surface area (Å²) in [6, 6.07) is 6.32. The molecule has 128 valence electrons. The van der Waals surface area contributed by atoms with E-state index < -0.39 is 17.7 Å². The van der Waals surface area contributed by atoms with E-state index in [-0.39, 0.29) is 5.76 Å². The van der Waals surface area contributed by atoms with Gasteiger partial charge in [-0.05, 0) is 45.0 Å². The Hall–Kier alpha value is -3.03. The number of carbonyl (C=O) groups is 2. The highest BCUT2D eigenvalue weighted by Gasteiger charge is 2.16. The molecule has 0 fully saturated rings.